The first-order valence-corrected chi connectivity index (χ1v) is 7.09. The molecule has 0 radical (unpaired) electrons. The zero-order chi connectivity index (χ0) is 11.3. The van der Waals surface area contributed by atoms with Gasteiger partial charge in [0.05, 0.1) is 6.61 Å². The van der Waals surface area contributed by atoms with E-state index in [4.69, 9.17) is 5.11 Å². The largest absolute Gasteiger partial charge is 0.395 e. The maximum Gasteiger partial charge on any atom is 0.252 e. The molecule has 0 saturated heterocycles. The molecule has 0 spiro atoms. The van der Waals surface area contributed by atoms with Crippen molar-refractivity contribution in [2.45, 2.75) is 17.6 Å². The average Bonchev–Trinajstić information content (AvgIpc) is 2.70. The monoisotopic (exact) mass is 249 g/mol. The van der Waals surface area contributed by atoms with Crippen LogP contribution in [0.15, 0.2) is 21.7 Å². The highest BCUT2D eigenvalue weighted by atomic mass is 32.2. The summed E-state index contributed by atoms with van der Waals surface area (Å²) in [5.41, 5.74) is 0. The fourth-order valence-corrected chi connectivity index (χ4v) is 3.92. The molecule has 0 bridgehead atoms. The third-order valence-corrected chi connectivity index (χ3v) is 5.18. The van der Waals surface area contributed by atoms with Gasteiger partial charge in [0.15, 0.2) is 0 Å². The Morgan fingerprint density at radius 1 is 1.47 bits per heavy atom. The summed E-state index contributed by atoms with van der Waals surface area (Å²) in [6.07, 6.45) is 0.741. The summed E-state index contributed by atoms with van der Waals surface area (Å²) in [5.74, 6) is 0. The minimum absolute atomic E-state index is 0.148. The van der Waals surface area contributed by atoms with Crippen molar-refractivity contribution in [2.75, 3.05) is 19.7 Å². The van der Waals surface area contributed by atoms with Crippen LogP contribution in [0, 0.1) is 0 Å². The number of rotatable bonds is 6. The summed E-state index contributed by atoms with van der Waals surface area (Å²) in [6, 6.07) is 3.29. The van der Waals surface area contributed by atoms with Crippen molar-refractivity contribution in [3.63, 3.8) is 0 Å². The first-order valence-electron chi connectivity index (χ1n) is 4.77. The van der Waals surface area contributed by atoms with Gasteiger partial charge in [-0.1, -0.05) is 13.0 Å². The van der Waals surface area contributed by atoms with E-state index in [1.807, 2.05) is 6.92 Å². The lowest BCUT2D eigenvalue weighted by Crippen LogP contribution is -2.33. The first-order chi connectivity index (χ1) is 7.12. The van der Waals surface area contributed by atoms with E-state index < -0.39 is 10.0 Å². The van der Waals surface area contributed by atoms with Gasteiger partial charge in [-0.25, -0.2) is 8.42 Å². The molecule has 6 heteroatoms. The summed E-state index contributed by atoms with van der Waals surface area (Å²) < 4.78 is 25.7. The zero-order valence-corrected chi connectivity index (χ0v) is 10.2. The summed E-state index contributed by atoms with van der Waals surface area (Å²) in [7, 11) is -3.39. The number of nitrogens with zero attached hydrogens (tertiary/aromatic N) is 1. The molecule has 1 heterocycles. The molecule has 15 heavy (non-hydrogen) atoms. The SMILES string of the molecule is CCCN(CCO)S(=O)(=O)c1cccs1. The molecule has 1 aromatic rings. The summed E-state index contributed by atoms with van der Waals surface area (Å²) in [6.45, 7) is 2.37. The number of thiophene rings is 1. The Kier molecular flexibility index (Phi) is 4.72. The van der Waals surface area contributed by atoms with Crippen LogP contribution in [0.1, 0.15) is 13.3 Å². The predicted octanol–water partition coefficient (Wildman–Crippen LogP) is 1.14. The maximum atomic E-state index is 12.0. The fraction of sp³-hybridized carbons (Fsp3) is 0.556. The minimum atomic E-state index is -3.39. The molecule has 1 rings (SSSR count). The highest BCUT2D eigenvalue weighted by Crippen LogP contribution is 2.20. The van der Waals surface area contributed by atoms with Crippen LogP contribution in [0.4, 0.5) is 0 Å². The van der Waals surface area contributed by atoms with E-state index in [2.05, 4.69) is 0 Å². The third-order valence-electron chi connectivity index (χ3n) is 1.91. The number of aliphatic hydroxyl groups is 1. The number of hydrogen-bond acceptors (Lipinski definition) is 4. The van der Waals surface area contributed by atoms with Crippen LogP contribution in [0.5, 0.6) is 0 Å². The van der Waals surface area contributed by atoms with Crippen LogP contribution in [-0.4, -0.2) is 37.5 Å². The van der Waals surface area contributed by atoms with Crippen LogP contribution < -0.4 is 0 Å². The maximum absolute atomic E-state index is 12.0. The molecule has 0 unspecified atom stereocenters. The van der Waals surface area contributed by atoms with Crippen LogP contribution in [0.25, 0.3) is 0 Å². The Bertz CT molecular complexity index is 366. The van der Waals surface area contributed by atoms with Crippen molar-refractivity contribution >= 4 is 21.4 Å². The summed E-state index contributed by atoms with van der Waals surface area (Å²) in [4.78, 5) is 0. The number of sulfonamides is 1. The zero-order valence-electron chi connectivity index (χ0n) is 8.59. The lowest BCUT2D eigenvalue weighted by Gasteiger charge is -2.19. The molecule has 0 amide bonds. The Morgan fingerprint density at radius 2 is 2.20 bits per heavy atom. The normalized spacial score (nSPS) is 12.2. The first kappa shape index (κ1) is 12.6. The van der Waals surface area contributed by atoms with E-state index in [1.54, 1.807) is 17.5 Å². The predicted molar refractivity (Wildman–Crippen MR) is 60.5 cm³/mol. The van der Waals surface area contributed by atoms with Crippen LogP contribution in [-0.2, 0) is 10.0 Å². The third kappa shape index (κ3) is 3.01. The van der Waals surface area contributed by atoms with Crippen LogP contribution in [0.3, 0.4) is 0 Å². The second-order valence-corrected chi connectivity index (χ2v) is 6.17. The molecule has 1 N–H and O–H groups in total. The van der Waals surface area contributed by atoms with Gasteiger partial charge in [0.25, 0.3) is 10.0 Å². The highest BCUT2D eigenvalue weighted by Gasteiger charge is 2.23. The van der Waals surface area contributed by atoms with Gasteiger partial charge in [-0.2, -0.15) is 4.31 Å². The molecule has 0 saturated carbocycles. The Morgan fingerprint density at radius 3 is 2.67 bits per heavy atom. The Hall–Kier alpha value is -0.430. The quantitative estimate of drug-likeness (QED) is 0.822. The van der Waals surface area contributed by atoms with Crippen molar-refractivity contribution < 1.29 is 13.5 Å². The molecule has 0 aliphatic carbocycles. The summed E-state index contributed by atoms with van der Waals surface area (Å²) in [5, 5.41) is 10.6. The van der Waals surface area contributed by atoms with Crippen molar-refractivity contribution in [3.8, 4) is 0 Å². The van der Waals surface area contributed by atoms with E-state index in [0.717, 1.165) is 6.42 Å². The number of hydrogen-bond donors (Lipinski definition) is 1. The topological polar surface area (TPSA) is 57.6 Å². The summed E-state index contributed by atoms with van der Waals surface area (Å²) >= 11 is 1.20. The van der Waals surface area contributed by atoms with Gasteiger partial charge in [-0.3, -0.25) is 0 Å². The van der Waals surface area contributed by atoms with E-state index in [0.29, 0.717) is 10.8 Å². The molecular formula is C9H15NO3S2. The molecule has 0 aromatic carbocycles. The van der Waals surface area contributed by atoms with Crippen molar-refractivity contribution in [1.82, 2.24) is 4.31 Å². The van der Waals surface area contributed by atoms with Gasteiger partial charge in [0, 0.05) is 13.1 Å². The van der Waals surface area contributed by atoms with Crippen molar-refractivity contribution in [3.05, 3.63) is 17.5 Å². The van der Waals surface area contributed by atoms with Gasteiger partial charge in [0.1, 0.15) is 4.21 Å². The van der Waals surface area contributed by atoms with Gasteiger partial charge in [-0.05, 0) is 17.9 Å². The highest BCUT2D eigenvalue weighted by molar-refractivity contribution is 7.91. The van der Waals surface area contributed by atoms with E-state index in [1.165, 1.54) is 15.6 Å². The lowest BCUT2D eigenvalue weighted by molar-refractivity contribution is 0.254. The number of aliphatic hydroxyl groups excluding tert-OH is 1. The minimum Gasteiger partial charge on any atom is -0.395 e. The smallest absolute Gasteiger partial charge is 0.252 e. The van der Waals surface area contributed by atoms with Gasteiger partial charge in [-0.15, -0.1) is 11.3 Å². The second kappa shape index (κ2) is 5.60. The fourth-order valence-electron chi connectivity index (χ4n) is 1.25. The molecule has 4 nitrogen and oxygen atoms in total. The van der Waals surface area contributed by atoms with E-state index >= 15 is 0 Å². The molecule has 86 valence electrons. The van der Waals surface area contributed by atoms with E-state index in [-0.39, 0.29) is 13.2 Å². The Balaban J connectivity index is 2.91. The van der Waals surface area contributed by atoms with Gasteiger partial charge < -0.3 is 5.11 Å². The molecular weight excluding hydrogens is 234 g/mol. The van der Waals surface area contributed by atoms with Crippen molar-refractivity contribution in [2.24, 2.45) is 0 Å². The lowest BCUT2D eigenvalue weighted by atomic mass is 10.5. The molecule has 0 aliphatic rings. The van der Waals surface area contributed by atoms with Crippen molar-refractivity contribution in [1.29, 1.82) is 0 Å². The average molecular weight is 249 g/mol. The standard InChI is InChI=1S/C9H15NO3S2/c1-2-5-10(6-7-11)15(12,13)9-4-3-8-14-9/h3-4,8,11H,2,5-7H2,1H3. The molecule has 0 aliphatic heterocycles. The van der Waals surface area contributed by atoms with Gasteiger partial charge in [0.2, 0.25) is 0 Å². The van der Waals surface area contributed by atoms with E-state index in [9.17, 15) is 8.42 Å². The van der Waals surface area contributed by atoms with Crippen LogP contribution in [0.2, 0.25) is 0 Å². The van der Waals surface area contributed by atoms with Crippen LogP contribution >= 0.6 is 11.3 Å². The van der Waals surface area contributed by atoms with Gasteiger partial charge >= 0.3 is 0 Å². The molecule has 0 atom stereocenters. The Labute approximate surface area is 94.2 Å². The molecule has 1 aromatic heterocycles. The molecule has 0 fully saturated rings. The second-order valence-electron chi connectivity index (χ2n) is 3.06.